The lowest BCUT2D eigenvalue weighted by Gasteiger charge is -2.48. The van der Waals surface area contributed by atoms with Crippen LogP contribution in [0.4, 0.5) is 10.5 Å². The molecule has 2 aromatic heterocycles. The summed E-state index contributed by atoms with van der Waals surface area (Å²) in [5.74, 6) is 1.12. The van der Waals surface area contributed by atoms with Crippen molar-refractivity contribution in [2.75, 3.05) is 31.1 Å². The van der Waals surface area contributed by atoms with Crippen molar-refractivity contribution in [3.05, 3.63) is 124 Å². The predicted molar refractivity (Wildman–Crippen MR) is 245 cm³/mol. The molecule has 61 heavy (non-hydrogen) atoms. The maximum atomic E-state index is 13.0. The summed E-state index contributed by atoms with van der Waals surface area (Å²) in [5, 5.41) is 25.6. The Bertz CT molecular complexity index is 2560. The first-order valence-electron chi connectivity index (χ1n) is 21.8. The first-order valence-corrected chi connectivity index (χ1v) is 24.7. The van der Waals surface area contributed by atoms with Crippen LogP contribution in [-0.4, -0.2) is 71.7 Å². The first-order chi connectivity index (χ1) is 29.2. The summed E-state index contributed by atoms with van der Waals surface area (Å²) in [6.07, 6.45) is 4.21. The van der Waals surface area contributed by atoms with Crippen LogP contribution in [0.3, 0.4) is 0 Å². The number of fused-ring (bicyclic) bond motifs is 5. The van der Waals surface area contributed by atoms with Gasteiger partial charge in [0.1, 0.15) is 11.3 Å². The number of hydrogen-bond acceptors (Lipinski definition) is 8. The number of pyridine rings is 1. The molecule has 2 atom stereocenters. The molecule has 11 nitrogen and oxygen atoms in total. The minimum Gasteiger partial charge on any atom is -0.506 e. The van der Waals surface area contributed by atoms with Crippen LogP contribution in [-0.2, 0) is 23.8 Å². The Morgan fingerprint density at radius 3 is 2.46 bits per heavy atom. The fourth-order valence-electron chi connectivity index (χ4n) is 8.92. The van der Waals surface area contributed by atoms with Crippen LogP contribution in [0, 0.1) is 5.92 Å². The van der Waals surface area contributed by atoms with Crippen LogP contribution in [0.5, 0.6) is 5.75 Å². The number of anilines is 1. The Morgan fingerprint density at radius 1 is 0.984 bits per heavy atom. The van der Waals surface area contributed by atoms with E-state index in [1.165, 1.54) is 6.07 Å². The number of phenols is 1. The van der Waals surface area contributed by atoms with Gasteiger partial charge < -0.3 is 34.3 Å². The van der Waals surface area contributed by atoms with Crippen molar-refractivity contribution in [1.29, 1.82) is 0 Å². The first kappa shape index (κ1) is 42.4. The predicted octanol–water partition coefficient (Wildman–Crippen LogP) is 10.0. The third-order valence-electron chi connectivity index (χ3n) is 13.3. The second-order valence-corrected chi connectivity index (χ2v) is 23.2. The SMILES string of the molecule is CC(C)(C)[Si](C)(C)O[C@@H](CNCc1ccc2oc(CCCCc3ccc(-c4ccccc4)c(N(C(=O)O)[C@H]4CN5CCC4CC5)c3)nc2c1)c1ccc(O)c2[nH]c(=O)ccc12. The second kappa shape index (κ2) is 17.6. The Labute approximate surface area is 358 Å². The Hall–Kier alpha value is -5.27. The van der Waals surface area contributed by atoms with E-state index >= 15 is 0 Å². The van der Waals surface area contributed by atoms with Crippen molar-refractivity contribution in [2.24, 2.45) is 5.92 Å². The van der Waals surface area contributed by atoms with E-state index in [0.29, 0.717) is 36.8 Å². The molecule has 320 valence electrons. The molecule has 3 aliphatic rings. The molecule has 0 spiro atoms. The van der Waals surface area contributed by atoms with Gasteiger partial charge in [0.2, 0.25) is 5.56 Å². The number of amides is 1. The van der Waals surface area contributed by atoms with Crippen molar-refractivity contribution in [3.63, 3.8) is 0 Å². The van der Waals surface area contributed by atoms with E-state index in [0.717, 1.165) is 102 Å². The zero-order valence-corrected chi connectivity index (χ0v) is 37.0. The summed E-state index contributed by atoms with van der Waals surface area (Å²) in [6, 6.07) is 29.3. The molecule has 3 aliphatic heterocycles. The monoisotopic (exact) mass is 841 g/mol. The molecule has 3 fully saturated rings. The highest BCUT2D eigenvalue weighted by molar-refractivity contribution is 6.74. The molecule has 0 saturated carbocycles. The van der Waals surface area contributed by atoms with E-state index in [9.17, 15) is 19.8 Å². The topological polar surface area (TPSA) is 144 Å². The van der Waals surface area contributed by atoms with Gasteiger partial charge in [-0.2, -0.15) is 0 Å². The number of aromatic nitrogens is 2. The molecule has 0 unspecified atom stereocenters. The summed E-state index contributed by atoms with van der Waals surface area (Å²) in [7, 11) is -2.22. The fraction of sp³-hybridized carbons (Fsp3) is 0.408. The number of piperidine rings is 3. The number of aromatic hydroxyl groups is 1. The van der Waals surface area contributed by atoms with Crippen molar-refractivity contribution < 1.29 is 23.9 Å². The van der Waals surface area contributed by atoms with E-state index < -0.39 is 14.4 Å². The number of rotatable bonds is 15. The quantitative estimate of drug-likeness (QED) is 0.0587. The number of aromatic amines is 1. The Morgan fingerprint density at radius 2 is 1.74 bits per heavy atom. The van der Waals surface area contributed by atoms with Crippen LogP contribution in [0.15, 0.2) is 100 Å². The van der Waals surface area contributed by atoms with Gasteiger partial charge >= 0.3 is 6.09 Å². The van der Waals surface area contributed by atoms with E-state index in [4.69, 9.17) is 13.8 Å². The van der Waals surface area contributed by atoms with Crippen molar-refractivity contribution >= 4 is 42.1 Å². The lowest BCUT2D eigenvalue weighted by atomic mass is 9.82. The standard InChI is InChI=1S/C49H59N5O6Si/c1-49(2,3)61(4,5)60-44(37-18-20-42(55)47-38(37)19-22-45(56)52-47)30-50-29-33-16-21-43-39(27-33)51-46(59-43)14-10-9-11-32-15-17-36(34-12-7-6-8-13-34)40(28-32)54(48(57)58)41-31-53-25-23-35(41)24-26-53/h6-8,12-13,15-22,27-28,35,41,44,50,55H,9-11,14,23-26,29-31H2,1-5H3,(H,52,56)(H,57,58)/t41-,44-/m0/s1. The molecule has 4 aromatic carbocycles. The Kier molecular flexibility index (Phi) is 12.2. The highest BCUT2D eigenvalue weighted by Gasteiger charge is 2.41. The number of benzene rings is 4. The molecule has 4 N–H and O–H groups in total. The van der Waals surface area contributed by atoms with Gasteiger partial charge in [0.05, 0.1) is 23.3 Å². The van der Waals surface area contributed by atoms with E-state index in [1.54, 1.807) is 17.0 Å². The van der Waals surface area contributed by atoms with Gasteiger partial charge in [0.15, 0.2) is 19.8 Å². The minimum atomic E-state index is -2.22. The van der Waals surface area contributed by atoms with E-state index in [2.05, 4.69) is 91.5 Å². The molecule has 0 radical (unpaired) electrons. The molecular formula is C49H59N5O6Si. The minimum absolute atomic E-state index is 0.0177. The maximum Gasteiger partial charge on any atom is 0.412 e. The summed E-state index contributed by atoms with van der Waals surface area (Å²) >= 11 is 0. The van der Waals surface area contributed by atoms with Gasteiger partial charge in [-0.15, -0.1) is 0 Å². The number of oxazole rings is 1. The van der Waals surface area contributed by atoms with Gasteiger partial charge in [0, 0.05) is 43.1 Å². The molecule has 12 heteroatoms. The zero-order chi connectivity index (χ0) is 42.9. The van der Waals surface area contributed by atoms with Crippen LogP contribution >= 0.6 is 0 Å². The molecule has 2 bridgehead atoms. The highest BCUT2D eigenvalue weighted by atomic mass is 28.4. The maximum absolute atomic E-state index is 13.0. The summed E-state index contributed by atoms with van der Waals surface area (Å²) in [5.41, 5.74) is 7.58. The third-order valence-corrected chi connectivity index (χ3v) is 17.8. The molecule has 6 aromatic rings. The summed E-state index contributed by atoms with van der Waals surface area (Å²) in [6.45, 7) is 15.1. The second-order valence-electron chi connectivity index (χ2n) is 18.5. The van der Waals surface area contributed by atoms with Crippen LogP contribution in [0.25, 0.3) is 33.1 Å². The largest absolute Gasteiger partial charge is 0.506 e. The fourth-order valence-corrected chi connectivity index (χ4v) is 10.2. The van der Waals surface area contributed by atoms with Gasteiger partial charge in [-0.05, 0) is 122 Å². The number of phenolic OH excluding ortho intramolecular Hbond substituents is 1. The number of aryl methyl sites for hydroxylation is 2. The van der Waals surface area contributed by atoms with Gasteiger partial charge in [-0.25, -0.2) is 9.78 Å². The van der Waals surface area contributed by atoms with Crippen molar-refractivity contribution in [2.45, 2.75) is 96.1 Å². The number of hydrogen-bond donors (Lipinski definition) is 4. The summed E-state index contributed by atoms with van der Waals surface area (Å²) < 4.78 is 13.2. The smallest absolute Gasteiger partial charge is 0.412 e. The molecule has 5 heterocycles. The number of carboxylic acid groups (broad SMARTS) is 1. The Balaban J connectivity index is 0.921. The molecular weight excluding hydrogens is 783 g/mol. The molecule has 0 aliphatic carbocycles. The number of nitrogens with zero attached hydrogens (tertiary/aromatic N) is 3. The van der Waals surface area contributed by atoms with Gasteiger partial charge in [-0.3, -0.25) is 9.69 Å². The molecule has 3 saturated heterocycles. The van der Waals surface area contributed by atoms with Crippen LogP contribution in [0.2, 0.25) is 18.1 Å². The van der Waals surface area contributed by atoms with Crippen molar-refractivity contribution in [3.8, 4) is 16.9 Å². The lowest BCUT2D eigenvalue weighted by Crippen LogP contribution is -2.59. The van der Waals surface area contributed by atoms with Gasteiger partial charge in [0.25, 0.3) is 0 Å². The van der Waals surface area contributed by atoms with E-state index in [-0.39, 0.29) is 28.5 Å². The molecule has 1 amide bonds. The normalized spacial score (nSPS) is 18.5. The zero-order valence-electron chi connectivity index (χ0n) is 36.0. The highest BCUT2D eigenvalue weighted by Crippen LogP contribution is 2.42. The number of nitrogens with one attached hydrogen (secondary N) is 2. The number of H-pyrrole nitrogens is 1. The van der Waals surface area contributed by atoms with Gasteiger partial charge in [-0.1, -0.05) is 75.4 Å². The van der Waals surface area contributed by atoms with Crippen molar-refractivity contribution in [1.82, 2.24) is 20.2 Å². The number of unbranched alkanes of at least 4 members (excludes halogenated alkanes) is 1. The third kappa shape index (κ3) is 9.33. The molecule has 9 rings (SSSR count). The average Bonchev–Trinajstić information content (AvgIpc) is 3.65. The summed E-state index contributed by atoms with van der Waals surface area (Å²) in [4.78, 5) is 36.9. The van der Waals surface area contributed by atoms with Crippen LogP contribution in [0.1, 0.15) is 75.1 Å². The van der Waals surface area contributed by atoms with E-state index in [1.807, 2.05) is 30.3 Å². The average molecular weight is 842 g/mol. The lowest BCUT2D eigenvalue weighted by molar-refractivity contribution is 0.0837. The number of carbonyl (C=O) groups is 1. The van der Waals surface area contributed by atoms with Crippen LogP contribution < -0.4 is 15.8 Å².